The molecule has 0 spiro atoms. The van der Waals surface area contributed by atoms with E-state index >= 15 is 0 Å². The second-order valence-electron chi connectivity index (χ2n) is 2.30. The van der Waals surface area contributed by atoms with Gasteiger partial charge in [-0.15, -0.1) is 0 Å². The molecule has 0 aliphatic heterocycles. The van der Waals surface area contributed by atoms with E-state index in [1.165, 1.54) is 13.0 Å². The van der Waals surface area contributed by atoms with Crippen molar-refractivity contribution in [3.8, 4) is 5.75 Å². The molecule has 1 rings (SSSR count). The Hall–Kier alpha value is -1.19. The van der Waals surface area contributed by atoms with Crippen LogP contribution in [0.15, 0.2) is 24.3 Å². The summed E-state index contributed by atoms with van der Waals surface area (Å²) in [6.45, 7) is 1.40. The van der Waals surface area contributed by atoms with E-state index in [4.69, 9.17) is 12.9 Å². The van der Waals surface area contributed by atoms with Gasteiger partial charge in [0.2, 0.25) is 5.91 Å². The quantitative estimate of drug-likeness (QED) is 0.481. The molecule has 1 unspecified atom stereocenters. The number of phenolic OH excluding ortho intramolecular Hbond substituents is 1. The summed E-state index contributed by atoms with van der Waals surface area (Å²) in [5.41, 5.74) is 0.444. The number of anilines is 1. The summed E-state index contributed by atoms with van der Waals surface area (Å²) in [6.07, 6.45) is 0. The minimum atomic E-state index is -1.94. The summed E-state index contributed by atoms with van der Waals surface area (Å²) in [6, 6.07) is 6.59. The predicted molar refractivity (Wildman–Crippen MR) is 53.9 cm³/mol. The number of rotatable bonds is 1. The average molecular weight is 261 g/mol. The Labute approximate surface area is 88.0 Å². The monoisotopic (exact) mass is 261 g/mol. The molecular weight excluding hydrogens is 249 g/mol. The fourth-order valence-corrected chi connectivity index (χ4v) is 0.769. The van der Waals surface area contributed by atoms with E-state index in [0.717, 1.165) is 0 Å². The van der Waals surface area contributed by atoms with E-state index in [0.29, 0.717) is 5.69 Å². The van der Waals surface area contributed by atoms with Crippen molar-refractivity contribution in [1.29, 1.82) is 0 Å². The molecule has 0 saturated heterocycles. The predicted octanol–water partition coefficient (Wildman–Crippen LogP) is -0.241. The summed E-state index contributed by atoms with van der Waals surface area (Å²) >= 11 is -1.94. The first-order valence-corrected chi connectivity index (χ1v) is 5.82. The van der Waals surface area contributed by atoms with Gasteiger partial charge < -0.3 is 10.4 Å². The van der Waals surface area contributed by atoms with Crippen LogP contribution in [-0.4, -0.2) is 31.1 Å². The first kappa shape index (κ1) is 12.8. The number of hydrogen-bond donors (Lipinski definition) is 3. The average Bonchev–Trinajstić information content (AvgIpc) is 2.09. The summed E-state index contributed by atoms with van der Waals surface area (Å²) in [4.78, 5) is 10.5. The van der Waals surface area contributed by atoms with Crippen molar-refractivity contribution in [2.24, 2.45) is 0 Å². The summed E-state index contributed by atoms with van der Waals surface area (Å²) < 4.78 is 15.8. The molecule has 0 aromatic heterocycles. The van der Waals surface area contributed by atoms with E-state index in [9.17, 15) is 4.79 Å². The van der Waals surface area contributed by atoms with Gasteiger partial charge in [-0.05, 0) is 12.1 Å². The zero-order valence-corrected chi connectivity index (χ0v) is 10.0. The number of carbonyl (C=O) groups excluding carboxylic acids is 1. The molecule has 0 aliphatic rings. The molecule has 6 heteroatoms. The number of carbonyl (C=O) groups is 1. The van der Waals surface area contributed by atoms with Crippen LogP contribution in [0.1, 0.15) is 6.92 Å². The Morgan fingerprint density at radius 1 is 1.43 bits per heavy atom. The van der Waals surface area contributed by atoms with Crippen molar-refractivity contribution >= 4 is 27.6 Å². The molecular formula is C8H12AsNO4. The third-order valence-electron chi connectivity index (χ3n) is 1.21. The zero-order chi connectivity index (χ0) is 11.0. The van der Waals surface area contributed by atoms with Crippen molar-refractivity contribution in [1.82, 2.24) is 0 Å². The van der Waals surface area contributed by atoms with Crippen LogP contribution in [0.25, 0.3) is 0 Å². The Morgan fingerprint density at radius 2 is 1.93 bits per heavy atom. The molecule has 1 aromatic carbocycles. The number of amides is 1. The van der Waals surface area contributed by atoms with Gasteiger partial charge in [-0.1, -0.05) is 12.1 Å². The third-order valence-corrected chi connectivity index (χ3v) is 1.21. The normalized spacial score (nSPS) is 9.29. The van der Waals surface area contributed by atoms with E-state index in [2.05, 4.69) is 5.32 Å². The van der Waals surface area contributed by atoms with Gasteiger partial charge in [-0.2, -0.15) is 0 Å². The molecule has 1 amide bonds. The van der Waals surface area contributed by atoms with Gasteiger partial charge in [0.1, 0.15) is 5.75 Å². The Balaban J connectivity index is 0.000000500. The first-order chi connectivity index (χ1) is 6.61. The van der Waals surface area contributed by atoms with Crippen molar-refractivity contribution < 1.29 is 17.7 Å². The van der Waals surface area contributed by atoms with Crippen LogP contribution in [0.2, 0.25) is 0 Å². The maximum atomic E-state index is 10.5. The van der Waals surface area contributed by atoms with Crippen molar-refractivity contribution in [3.05, 3.63) is 24.3 Å². The Bertz CT molecular complexity index is 316. The van der Waals surface area contributed by atoms with Crippen LogP contribution in [-0.2, 0) is 8.53 Å². The molecule has 14 heavy (non-hydrogen) atoms. The van der Waals surface area contributed by atoms with Gasteiger partial charge in [-0.3, -0.25) is 4.79 Å². The number of hydrogen-bond acceptors (Lipinski definition) is 3. The second-order valence-corrected chi connectivity index (χ2v) is 2.75. The fourth-order valence-electron chi connectivity index (χ4n) is 0.769. The van der Waals surface area contributed by atoms with Crippen molar-refractivity contribution in [2.75, 3.05) is 5.32 Å². The first-order valence-electron chi connectivity index (χ1n) is 3.75. The van der Waals surface area contributed by atoms with Crippen LogP contribution < -0.4 is 5.32 Å². The molecule has 1 atom stereocenters. The molecule has 0 aliphatic carbocycles. The van der Waals surface area contributed by atoms with Crippen LogP contribution >= 0.6 is 0 Å². The fraction of sp³-hybridized carbons (Fsp3) is 0.125. The van der Waals surface area contributed by atoms with Crippen LogP contribution in [0, 0.1) is 0 Å². The molecule has 78 valence electrons. The molecule has 0 heterocycles. The van der Waals surface area contributed by atoms with Gasteiger partial charge in [-0.25, -0.2) is 0 Å². The van der Waals surface area contributed by atoms with Crippen molar-refractivity contribution in [3.63, 3.8) is 0 Å². The second kappa shape index (κ2) is 7.23. The van der Waals surface area contributed by atoms with Gasteiger partial charge in [0.25, 0.3) is 0 Å². The third kappa shape index (κ3) is 5.45. The van der Waals surface area contributed by atoms with Gasteiger partial charge in [0.05, 0.1) is 5.69 Å². The molecule has 1 aromatic rings. The molecule has 0 radical (unpaired) electrons. The number of benzene rings is 1. The number of phenols is 1. The molecule has 0 fully saturated rings. The minimum absolute atomic E-state index is 0.0858. The Kier molecular flexibility index (Phi) is 6.62. The molecule has 0 bridgehead atoms. The van der Waals surface area contributed by atoms with Gasteiger partial charge in [0.15, 0.2) is 0 Å². The molecule has 3 N–H and O–H groups in total. The number of para-hydroxylation sites is 2. The summed E-state index contributed by atoms with van der Waals surface area (Å²) in [7, 11) is 0. The summed E-state index contributed by atoms with van der Waals surface area (Å²) in [5.74, 6) is -0.103. The van der Waals surface area contributed by atoms with Crippen LogP contribution in [0.5, 0.6) is 5.75 Å². The van der Waals surface area contributed by atoms with E-state index in [-0.39, 0.29) is 11.7 Å². The van der Waals surface area contributed by atoms with E-state index in [1.54, 1.807) is 18.2 Å². The standard InChI is InChI=1S/C8H9NO2.AsH3O2/c1-6(10)9-7-4-2-3-5-8(7)11;2-1-3/h2-5,11H,1H3,(H,9,10);1H2,(H,2,3). The van der Waals surface area contributed by atoms with Gasteiger partial charge >= 0.3 is 23.9 Å². The summed E-state index contributed by atoms with van der Waals surface area (Å²) in [5, 5.41) is 11.6. The van der Waals surface area contributed by atoms with E-state index < -0.39 is 16.0 Å². The molecule has 5 nitrogen and oxygen atoms in total. The number of aromatic hydroxyl groups is 1. The van der Waals surface area contributed by atoms with Crippen molar-refractivity contribution in [2.45, 2.75) is 6.92 Å². The Morgan fingerprint density at radius 3 is 2.36 bits per heavy atom. The van der Waals surface area contributed by atoms with E-state index in [1.807, 2.05) is 0 Å². The SMILES string of the molecule is CC(=O)Nc1ccccc1O.O=[AsH2]O. The van der Waals surface area contributed by atoms with Crippen LogP contribution in [0.4, 0.5) is 5.69 Å². The maximum absolute atomic E-state index is 10.5. The van der Waals surface area contributed by atoms with Gasteiger partial charge in [0, 0.05) is 6.92 Å². The zero-order valence-electron chi connectivity index (χ0n) is 7.60. The van der Waals surface area contributed by atoms with Crippen LogP contribution in [0.3, 0.4) is 0 Å². The molecule has 0 saturated carbocycles. The topological polar surface area (TPSA) is 86.6 Å². The number of nitrogens with one attached hydrogen (secondary N) is 1.